The first-order chi connectivity index (χ1) is 6.73. The molecule has 1 unspecified atom stereocenters. The van der Waals surface area contributed by atoms with Crippen molar-refractivity contribution < 1.29 is 9.53 Å². The van der Waals surface area contributed by atoms with Crippen molar-refractivity contribution in [2.75, 3.05) is 26.2 Å². The van der Waals surface area contributed by atoms with Gasteiger partial charge in [0.2, 0.25) is 5.91 Å². The van der Waals surface area contributed by atoms with Crippen LogP contribution in [0.5, 0.6) is 0 Å². The number of rotatable bonds is 3. The van der Waals surface area contributed by atoms with Crippen LogP contribution in [0.3, 0.4) is 0 Å². The monoisotopic (exact) mass is 215 g/mol. The summed E-state index contributed by atoms with van der Waals surface area (Å²) in [5.41, 5.74) is 9.92. The predicted molar refractivity (Wildman–Crippen MR) is 58.3 cm³/mol. The molecule has 1 atom stereocenters. The lowest BCUT2D eigenvalue weighted by Crippen LogP contribution is -2.60. The average Bonchev–Trinajstić information content (AvgIpc) is 2.00. The molecule has 0 saturated carbocycles. The number of nitrogens with zero attached hydrogens (tertiary/aromatic N) is 1. The van der Waals surface area contributed by atoms with E-state index in [1.165, 1.54) is 0 Å². The molecule has 1 rings (SSSR count). The third-order valence-corrected chi connectivity index (χ3v) is 2.62. The molecule has 88 valence electrons. The summed E-state index contributed by atoms with van der Waals surface area (Å²) in [5.74, 6) is -0.466. The summed E-state index contributed by atoms with van der Waals surface area (Å²) >= 11 is 0. The average molecular weight is 215 g/mol. The van der Waals surface area contributed by atoms with E-state index in [-0.39, 0.29) is 5.60 Å². The lowest BCUT2D eigenvalue weighted by atomic mass is 10.00. The molecule has 1 aliphatic heterocycles. The van der Waals surface area contributed by atoms with E-state index in [0.29, 0.717) is 13.2 Å². The number of ether oxygens (including phenoxy) is 1. The summed E-state index contributed by atoms with van der Waals surface area (Å²) in [6, 6.07) is 0. The Morgan fingerprint density at radius 1 is 1.60 bits per heavy atom. The van der Waals surface area contributed by atoms with Crippen LogP contribution in [0.25, 0.3) is 0 Å². The summed E-state index contributed by atoms with van der Waals surface area (Å²) in [6.45, 7) is 8.43. The first kappa shape index (κ1) is 12.4. The Labute approximate surface area is 90.7 Å². The molecule has 1 heterocycles. The van der Waals surface area contributed by atoms with Crippen molar-refractivity contribution in [2.45, 2.75) is 31.9 Å². The second kappa shape index (κ2) is 4.08. The number of hydrogen-bond acceptors (Lipinski definition) is 4. The standard InChI is InChI=1S/C10H21N3O2/c1-9(2)6-13(4-5-15-9)7-10(3,12)8(11)14/h4-7,12H2,1-3H3,(H2,11,14). The number of carbonyl (C=O) groups is 1. The van der Waals surface area contributed by atoms with E-state index in [1.807, 2.05) is 13.8 Å². The van der Waals surface area contributed by atoms with Gasteiger partial charge in [-0.3, -0.25) is 9.69 Å². The molecule has 0 aromatic heterocycles. The molecule has 1 amide bonds. The van der Waals surface area contributed by atoms with E-state index in [0.717, 1.165) is 13.1 Å². The highest BCUT2D eigenvalue weighted by Crippen LogP contribution is 2.17. The molecule has 0 spiro atoms. The zero-order valence-electron chi connectivity index (χ0n) is 9.75. The Morgan fingerprint density at radius 3 is 2.67 bits per heavy atom. The van der Waals surface area contributed by atoms with Crippen molar-refractivity contribution in [3.8, 4) is 0 Å². The molecule has 5 nitrogen and oxygen atoms in total. The van der Waals surface area contributed by atoms with Crippen molar-refractivity contribution in [3.05, 3.63) is 0 Å². The molecular formula is C10H21N3O2. The lowest BCUT2D eigenvalue weighted by Gasteiger charge is -2.40. The minimum Gasteiger partial charge on any atom is -0.373 e. The molecule has 0 aromatic rings. The minimum atomic E-state index is -0.965. The number of primary amides is 1. The van der Waals surface area contributed by atoms with Gasteiger partial charge in [-0.25, -0.2) is 0 Å². The Balaban J connectivity index is 2.55. The Kier molecular flexibility index (Phi) is 3.38. The van der Waals surface area contributed by atoms with Gasteiger partial charge in [-0.05, 0) is 20.8 Å². The van der Waals surface area contributed by atoms with Gasteiger partial charge in [0.05, 0.1) is 12.2 Å². The summed E-state index contributed by atoms with van der Waals surface area (Å²) in [5, 5.41) is 0. The predicted octanol–water partition coefficient (Wildman–Crippen LogP) is -0.700. The molecule has 0 bridgehead atoms. The molecule has 0 radical (unpaired) electrons. The molecule has 0 aromatic carbocycles. The van der Waals surface area contributed by atoms with E-state index >= 15 is 0 Å². The topological polar surface area (TPSA) is 81.6 Å². The van der Waals surface area contributed by atoms with Crippen LogP contribution in [-0.4, -0.2) is 48.2 Å². The molecule has 4 N–H and O–H groups in total. The third kappa shape index (κ3) is 3.44. The molecule has 15 heavy (non-hydrogen) atoms. The van der Waals surface area contributed by atoms with Crippen LogP contribution in [0.1, 0.15) is 20.8 Å². The molecular weight excluding hydrogens is 194 g/mol. The van der Waals surface area contributed by atoms with Crippen LogP contribution in [0.2, 0.25) is 0 Å². The highest BCUT2D eigenvalue weighted by atomic mass is 16.5. The number of carbonyl (C=O) groups excluding carboxylic acids is 1. The maximum absolute atomic E-state index is 11.1. The SMILES string of the molecule is CC1(C)CN(CC(C)(N)C(N)=O)CCO1. The van der Waals surface area contributed by atoms with Gasteiger partial charge >= 0.3 is 0 Å². The second-order valence-corrected chi connectivity index (χ2v) is 5.10. The van der Waals surface area contributed by atoms with Crippen molar-refractivity contribution in [2.24, 2.45) is 11.5 Å². The van der Waals surface area contributed by atoms with Gasteiger partial charge in [-0.15, -0.1) is 0 Å². The van der Waals surface area contributed by atoms with Gasteiger partial charge in [-0.1, -0.05) is 0 Å². The van der Waals surface area contributed by atoms with E-state index in [1.54, 1.807) is 6.92 Å². The Bertz CT molecular complexity index is 251. The van der Waals surface area contributed by atoms with Crippen LogP contribution < -0.4 is 11.5 Å². The quantitative estimate of drug-likeness (QED) is 0.652. The molecule has 1 saturated heterocycles. The van der Waals surface area contributed by atoms with Gasteiger partial charge in [0, 0.05) is 19.6 Å². The fourth-order valence-corrected chi connectivity index (χ4v) is 1.79. The van der Waals surface area contributed by atoms with Crippen LogP contribution in [-0.2, 0) is 9.53 Å². The summed E-state index contributed by atoms with van der Waals surface area (Å²) in [4.78, 5) is 13.2. The van der Waals surface area contributed by atoms with E-state index in [2.05, 4.69) is 4.90 Å². The second-order valence-electron chi connectivity index (χ2n) is 5.10. The Morgan fingerprint density at radius 2 is 2.20 bits per heavy atom. The lowest BCUT2D eigenvalue weighted by molar-refractivity contribution is -0.126. The molecule has 0 aliphatic carbocycles. The fraction of sp³-hybridized carbons (Fsp3) is 0.900. The van der Waals surface area contributed by atoms with Crippen molar-refractivity contribution in [1.82, 2.24) is 4.90 Å². The number of morpholine rings is 1. The smallest absolute Gasteiger partial charge is 0.238 e. The van der Waals surface area contributed by atoms with Crippen molar-refractivity contribution >= 4 is 5.91 Å². The van der Waals surface area contributed by atoms with Crippen molar-refractivity contribution in [3.63, 3.8) is 0 Å². The van der Waals surface area contributed by atoms with Crippen LogP contribution in [0.15, 0.2) is 0 Å². The van der Waals surface area contributed by atoms with E-state index in [4.69, 9.17) is 16.2 Å². The van der Waals surface area contributed by atoms with E-state index < -0.39 is 11.4 Å². The van der Waals surface area contributed by atoms with Gasteiger partial charge in [0.15, 0.2) is 0 Å². The zero-order chi connectivity index (χ0) is 11.7. The minimum absolute atomic E-state index is 0.175. The largest absolute Gasteiger partial charge is 0.373 e. The fourth-order valence-electron chi connectivity index (χ4n) is 1.79. The van der Waals surface area contributed by atoms with Gasteiger partial charge in [0.1, 0.15) is 5.54 Å². The van der Waals surface area contributed by atoms with Gasteiger partial charge in [-0.2, -0.15) is 0 Å². The van der Waals surface area contributed by atoms with Crippen LogP contribution in [0.4, 0.5) is 0 Å². The van der Waals surface area contributed by atoms with Crippen LogP contribution >= 0.6 is 0 Å². The highest BCUT2D eigenvalue weighted by Gasteiger charge is 2.33. The maximum Gasteiger partial charge on any atom is 0.238 e. The first-order valence-corrected chi connectivity index (χ1v) is 5.18. The Hall–Kier alpha value is -0.650. The summed E-state index contributed by atoms with van der Waals surface area (Å²) in [6.07, 6.45) is 0. The maximum atomic E-state index is 11.1. The number of nitrogens with two attached hydrogens (primary N) is 2. The van der Waals surface area contributed by atoms with Gasteiger partial charge in [0.25, 0.3) is 0 Å². The molecule has 1 aliphatic rings. The third-order valence-electron chi connectivity index (χ3n) is 2.62. The summed E-state index contributed by atoms with van der Waals surface area (Å²) < 4.78 is 5.57. The number of amides is 1. The van der Waals surface area contributed by atoms with Crippen LogP contribution in [0, 0.1) is 0 Å². The summed E-state index contributed by atoms with van der Waals surface area (Å²) in [7, 11) is 0. The normalized spacial score (nSPS) is 25.9. The molecule has 1 fully saturated rings. The highest BCUT2D eigenvalue weighted by molar-refractivity contribution is 5.84. The van der Waals surface area contributed by atoms with Gasteiger partial charge < -0.3 is 16.2 Å². The van der Waals surface area contributed by atoms with E-state index in [9.17, 15) is 4.79 Å². The number of hydrogen-bond donors (Lipinski definition) is 2. The van der Waals surface area contributed by atoms with Crippen molar-refractivity contribution in [1.29, 1.82) is 0 Å². The zero-order valence-corrected chi connectivity index (χ0v) is 9.75. The molecule has 5 heteroatoms. The first-order valence-electron chi connectivity index (χ1n) is 5.18.